The van der Waals surface area contributed by atoms with E-state index in [0.717, 1.165) is 17.7 Å². The third-order valence-corrected chi connectivity index (χ3v) is 3.74. The summed E-state index contributed by atoms with van der Waals surface area (Å²) in [4.78, 5) is 37.1. The summed E-state index contributed by atoms with van der Waals surface area (Å²) in [5.41, 5.74) is 2.31. The highest BCUT2D eigenvalue weighted by molar-refractivity contribution is 5.99. The molecule has 0 spiro atoms. The van der Waals surface area contributed by atoms with Gasteiger partial charge in [0.05, 0.1) is 7.11 Å². The first-order valence-corrected chi connectivity index (χ1v) is 7.30. The Bertz CT molecular complexity index is 612. The van der Waals surface area contributed by atoms with Crippen molar-refractivity contribution in [1.82, 2.24) is 5.32 Å². The van der Waals surface area contributed by atoms with Gasteiger partial charge in [-0.1, -0.05) is 6.92 Å². The van der Waals surface area contributed by atoms with Crippen LogP contribution in [0.1, 0.15) is 36.2 Å². The average Bonchev–Trinajstić information content (AvgIpc) is 2.96. The maximum Gasteiger partial charge on any atom is 0.328 e. The third-order valence-electron chi connectivity index (χ3n) is 3.74. The largest absolute Gasteiger partial charge is 0.467 e. The Balaban J connectivity index is 2.14. The minimum absolute atomic E-state index is 0.0789. The molecule has 0 radical (unpaired) electrons. The normalized spacial score (nSPS) is 14.2. The number of ether oxygens (including phenoxy) is 1. The lowest BCUT2D eigenvalue weighted by Gasteiger charge is -2.16. The van der Waals surface area contributed by atoms with Gasteiger partial charge in [0.15, 0.2) is 0 Å². The molecule has 2 amide bonds. The van der Waals surface area contributed by atoms with Gasteiger partial charge >= 0.3 is 5.97 Å². The number of nitrogens with zero attached hydrogens (tertiary/aromatic N) is 1. The number of anilines is 1. The molecule has 0 saturated carbocycles. The highest BCUT2D eigenvalue weighted by atomic mass is 16.5. The van der Waals surface area contributed by atoms with Gasteiger partial charge < -0.3 is 15.0 Å². The molecule has 1 N–H and O–H groups in total. The van der Waals surface area contributed by atoms with Crippen LogP contribution in [0.4, 0.5) is 5.69 Å². The van der Waals surface area contributed by atoms with Gasteiger partial charge in [-0.25, -0.2) is 4.79 Å². The lowest BCUT2D eigenvalue weighted by Crippen LogP contribution is -2.39. The van der Waals surface area contributed by atoms with E-state index in [9.17, 15) is 14.4 Å². The van der Waals surface area contributed by atoms with Crippen LogP contribution in [0.2, 0.25) is 0 Å². The molecule has 0 fully saturated rings. The smallest absolute Gasteiger partial charge is 0.328 e. The molecular weight excluding hydrogens is 284 g/mol. The average molecular weight is 304 g/mol. The van der Waals surface area contributed by atoms with Crippen molar-refractivity contribution in [3.63, 3.8) is 0 Å². The van der Waals surface area contributed by atoms with Gasteiger partial charge in [-0.3, -0.25) is 9.59 Å². The van der Waals surface area contributed by atoms with Crippen LogP contribution in [0.25, 0.3) is 0 Å². The van der Waals surface area contributed by atoms with Gasteiger partial charge in [0, 0.05) is 24.2 Å². The number of benzene rings is 1. The van der Waals surface area contributed by atoms with Crippen LogP contribution >= 0.6 is 0 Å². The maximum atomic E-state index is 12.1. The Hall–Kier alpha value is -2.37. The van der Waals surface area contributed by atoms with Crippen LogP contribution in [-0.2, 0) is 20.7 Å². The highest BCUT2D eigenvalue weighted by Crippen LogP contribution is 2.29. The fourth-order valence-electron chi connectivity index (χ4n) is 2.51. The molecule has 1 aliphatic rings. The van der Waals surface area contributed by atoms with Crippen molar-refractivity contribution in [3.05, 3.63) is 29.3 Å². The van der Waals surface area contributed by atoms with Crippen molar-refractivity contribution < 1.29 is 19.1 Å². The number of hydrogen-bond acceptors (Lipinski definition) is 4. The van der Waals surface area contributed by atoms with E-state index in [1.165, 1.54) is 7.11 Å². The van der Waals surface area contributed by atoms with Crippen LogP contribution in [0, 0.1) is 0 Å². The summed E-state index contributed by atoms with van der Waals surface area (Å²) in [7, 11) is 1.28. The first kappa shape index (κ1) is 16.0. The van der Waals surface area contributed by atoms with E-state index in [-0.39, 0.29) is 11.8 Å². The monoisotopic (exact) mass is 304 g/mol. The van der Waals surface area contributed by atoms with Gasteiger partial charge in [0.25, 0.3) is 5.91 Å². The molecule has 1 atom stereocenters. The number of carbonyl (C=O) groups is 3. The summed E-state index contributed by atoms with van der Waals surface area (Å²) in [5, 5.41) is 2.59. The predicted octanol–water partition coefficient (Wildman–Crippen LogP) is 1.28. The molecule has 22 heavy (non-hydrogen) atoms. The fourth-order valence-corrected chi connectivity index (χ4v) is 2.51. The van der Waals surface area contributed by atoms with Crippen molar-refractivity contribution in [2.75, 3.05) is 18.6 Å². The molecule has 1 aliphatic heterocycles. The molecule has 6 nitrogen and oxygen atoms in total. The summed E-state index contributed by atoms with van der Waals surface area (Å²) in [5.74, 6) is -0.745. The second kappa shape index (κ2) is 6.60. The van der Waals surface area contributed by atoms with Crippen LogP contribution in [0.15, 0.2) is 18.2 Å². The number of methoxy groups -OCH3 is 1. The number of hydrogen-bond donors (Lipinski definition) is 1. The topological polar surface area (TPSA) is 75.7 Å². The molecule has 0 aliphatic carbocycles. The maximum absolute atomic E-state index is 12.1. The van der Waals surface area contributed by atoms with E-state index in [4.69, 9.17) is 0 Å². The first-order valence-electron chi connectivity index (χ1n) is 7.30. The SMILES string of the molecule is CCC(=O)N1CCc2cc(C(=O)N[C@@H](C)C(=O)OC)ccc21. The van der Waals surface area contributed by atoms with Crippen molar-refractivity contribution in [3.8, 4) is 0 Å². The van der Waals surface area contributed by atoms with E-state index in [2.05, 4.69) is 10.1 Å². The molecular formula is C16H20N2O4. The second-order valence-corrected chi connectivity index (χ2v) is 5.21. The molecule has 0 saturated heterocycles. The minimum Gasteiger partial charge on any atom is -0.467 e. The van der Waals surface area contributed by atoms with E-state index >= 15 is 0 Å². The van der Waals surface area contributed by atoms with E-state index < -0.39 is 12.0 Å². The number of rotatable bonds is 4. The Morgan fingerprint density at radius 2 is 2.09 bits per heavy atom. The van der Waals surface area contributed by atoms with E-state index in [1.807, 2.05) is 6.92 Å². The molecule has 1 aromatic rings. The molecule has 6 heteroatoms. The van der Waals surface area contributed by atoms with Crippen LogP contribution in [-0.4, -0.2) is 37.5 Å². The predicted molar refractivity (Wildman–Crippen MR) is 81.7 cm³/mol. The molecule has 1 heterocycles. The Morgan fingerprint density at radius 1 is 1.36 bits per heavy atom. The molecule has 2 rings (SSSR count). The lowest BCUT2D eigenvalue weighted by molar-refractivity contribution is -0.142. The molecule has 0 bridgehead atoms. The second-order valence-electron chi connectivity index (χ2n) is 5.21. The van der Waals surface area contributed by atoms with Crippen LogP contribution < -0.4 is 10.2 Å². The van der Waals surface area contributed by atoms with Gasteiger partial charge in [0.1, 0.15) is 6.04 Å². The number of fused-ring (bicyclic) bond motifs is 1. The molecule has 118 valence electrons. The van der Waals surface area contributed by atoms with E-state index in [1.54, 1.807) is 30.0 Å². The minimum atomic E-state index is -0.705. The third kappa shape index (κ3) is 3.10. The standard InChI is InChI=1S/C16H20N2O4/c1-4-14(19)18-8-7-11-9-12(5-6-13(11)18)15(20)17-10(2)16(21)22-3/h5-6,9-10H,4,7-8H2,1-3H3,(H,17,20)/t10-/m0/s1. The summed E-state index contributed by atoms with van der Waals surface area (Å²) >= 11 is 0. The Labute approximate surface area is 129 Å². The van der Waals surface area contributed by atoms with Crippen molar-refractivity contribution in [1.29, 1.82) is 0 Å². The molecule has 1 aromatic carbocycles. The van der Waals surface area contributed by atoms with Crippen LogP contribution in [0.5, 0.6) is 0 Å². The van der Waals surface area contributed by atoms with Crippen molar-refractivity contribution in [2.24, 2.45) is 0 Å². The summed E-state index contributed by atoms with van der Waals surface area (Å²) in [6.07, 6.45) is 1.19. The van der Waals surface area contributed by atoms with E-state index in [0.29, 0.717) is 18.5 Å². The fraction of sp³-hybridized carbons (Fsp3) is 0.438. The summed E-state index contributed by atoms with van der Waals surface area (Å²) in [6.45, 7) is 4.04. The first-order chi connectivity index (χ1) is 10.5. The van der Waals surface area contributed by atoms with Crippen molar-refractivity contribution >= 4 is 23.5 Å². The highest BCUT2D eigenvalue weighted by Gasteiger charge is 2.25. The van der Waals surface area contributed by atoms with Crippen LogP contribution in [0.3, 0.4) is 0 Å². The van der Waals surface area contributed by atoms with Crippen molar-refractivity contribution in [2.45, 2.75) is 32.7 Å². The van der Waals surface area contributed by atoms with Gasteiger partial charge in [-0.2, -0.15) is 0 Å². The quantitative estimate of drug-likeness (QED) is 0.850. The van der Waals surface area contributed by atoms with Gasteiger partial charge in [-0.05, 0) is 37.1 Å². The Kier molecular flexibility index (Phi) is 4.80. The molecule has 0 aromatic heterocycles. The Morgan fingerprint density at radius 3 is 2.73 bits per heavy atom. The zero-order valence-electron chi connectivity index (χ0n) is 13.0. The van der Waals surface area contributed by atoms with Gasteiger partial charge in [-0.15, -0.1) is 0 Å². The summed E-state index contributed by atoms with van der Waals surface area (Å²) in [6, 6.07) is 4.52. The zero-order valence-corrected chi connectivity index (χ0v) is 13.0. The number of carbonyl (C=O) groups excluding carboxylic acids is 3. The van der Waals surface area contributed by atoms with Gasteiger partial charge in [0.2, 0.25) is 5.91 Å². The molecule has 0 unspecified atom stereocenters. The number of amides is 2. The summed E-state index contributed by atoms with van der Waals surface area (Å²) < 4.78 is 4.58. The number of esters is 1. The lowest BCUT2D eigenvalue weighted by atomic mass is 10.1. The number of nitrogens with one attached hydrogen (secondary N) is 1. The zero-order chi connectivity index (χ0) is 16.3.